The van der Waals surface area contributed by atoms with E-state index < -0.39 is 5.97 Å². The number of esters is 1. The van der Waals surface area contributed by atoms with Crippen molar-refractivity contribution in [2.24, 2.45) is 0 Å². The quantitative estimate of drug-likeness (QED) is 0.169. The van der Waals surface area contributed by atoms with E-state index in [1.54, 1.807) is 54.6 Å². The van der Waals surface area contributed by atoms with E-state index in [0.29, 0.717) is 21.2 Å². The summed E-state index contributed by atoms with van der Waals surface area (Å²) >= 11 is 6.96. The Kier molecular flexibility index (Phi) is 6.40. The van der Waals surface area contributed by atoms with Crippen LogP contribution in [-0.4, -0.2) is 22.0 Å². The highest BCUT2D eigenvalue weighted by atomic mass is 35.5. The zero-order valence-corrected chi connectivity index (χ0v) is 19.9. The number of imide groups is 1. The molecule has 0 radical (unpaired) electrons. The van der Waals surface area contributed by atoms with Crippen LogP contribution >= 0.6 is 23.4 Å². The van der Waals surface area contributed by atoms with Crippen molar-refractivity contribution >= 4 is 57.3 Å². The molecule has 4 aromatic rings. The average Bonchev–Trinajstić information content (AvgIpc) is 3.13. The molecule has 2 amide bonds. The van der Waals surface area contributed by atoms with Crippen LogP contribution < -0.4 is 4.74 Å². The monoisotopic (exact) mass is 499 g/mol. The van der Waals surface area contributed by atoms with Gasteiger partial charge in [-0.05, 0) is 64.0 Å². The van der Waals surface area contributed by atoms with Crippen molar-refractivity contribution < 1.29 is 19.1 Å². The Labute approximate surface area is 211 Å². The second kappa shape index (κ2) is 9.78. The molecule has 0 N–H and O–H groups in total. The molecule has 0 unspecified atom stereocenters. The van der Waals surface area contributed by atoms with E-state index in [9.17, 15) is 14.4 Å². The molecule has 1 saturated heterocycles. The van der Waals surface area contributed by atoms with E-state index in [1.165, 1.54) is 4.90 Å². The highest BCUT2D eigenvalue weighted by molar-refractivity contribution is 8.18. The van der Waals surface area contributed by atoms with Crippen molar-refractivity contribution in [1.29, 1.82) is 0 Å². The molecule has 5 nitrogen and oxygen atoms in total. The summed E-state index contributed by atoms with van der Waals surface area (Å²) in [5.74, 6) is -0.545. The normalized spacial score (nSPS) is 14.7. The minimum absolute atomic E-state index is 0.209. The third-order valence-corrected chi connectivity index (χ3v) is 6.80. The summed E-state index contributed by atoms with van der Waals surface area (Å²) in [6.07, 6.45) is 1.66. The Hall–Kier alpha value is -3.87. The van der Waals surface area contributed by atoms with E-state index in [1.807, 2.05) is 42.5 Å². The van der Waals surface area contributed by atoms with Gasteiger partial charge in [0, 0.05) is 0 Å². The zero-order chi connectivity index (χ0) is 24.4. The fraction of sp³-hybridized carbons (Fsp3) is 0.0357. The number of benzene rings is 4. The summed E-state index contributed by atoms with van der Waals surface area (Å²) in [6, 6.07) is 27.1. The second-order valence-electron chi connectivity index (χ2n) is 7.84. The molecular formula is C28H18ClNO4S. The third-order valence-electron chi connectivity index (χ3n) is 5.56. The molecule has 5 rings (SSSR count). The topological polar surface area (TPSA) is 63.7 Å². The SMILES string of the molecule is O=C(Oc1ccc(/C=C2\SC(=O)N(Cc3cccc4ccccc34)C2=O)cc1)c1ccccc1Cl. The molecule has 1 aliphatic rings. The number of fused-ring (bicyclic) bond motifs is 1. The van der Waals surface area contributed by atoms with Crippen LogP contribution in [0.3, 0.4) is 0 Å². The number of thioether (sulfide) groups is 1. The number of hydrogen-bond acceptors (Lipinski definition) is 5. The smallest absolute Gasteiger partial charge is 0.345 e. The molecule has 172 valence electrons. The lowest BCUT2D eigenvalue weighted by Crippen LogP contribution is -2.27. The minimum Gasteiger partial charge on any atom is -0.423 e. The summed E-state index contributed by atoms with van der Waals surface area (Å²) in [5.41, 5.74) is 1.90. The molecule has 0 atom stereocenters. The van der Waals surface area contributed by atoms with Gasteiger partial charge in [0.05, 0.1) is 22.0 Å². The van der Waals surface area contributed by atoms with Gasteiger partial charge < -0.3 is 4.74 Å². The minimum atomic E-state index is -0.557. The van der Waals surface area contributed by atoms with Crippen molar-refractivity contribution in [2.75, 3.05) is 0 Å². The average molecular weight is 500 g/mol. The predicted molar refractivity (Wildman–Crippen MR) is 138 cm³/mol. The molecule has 0 spiro atoms. The van der Waals surface area contributed by atoms with Gasteiger partial charge in [-0.2, -0.15) is 0 Å². The molecule has 4 aromatic carbocycles. The predicted octanol–water partition coefficient (Wildman–Crippen LogP) is 6.95. The Balaban J connectivity index is 1.30. The van der Waals surface area contributed by atoms with Gasteiger partial charge in [-0.3, -0.25) is 14.5 Å². The van der Waals surface area contributed by atoms with Gasteiger partial charge in [-0.1, -0.05) is 78.3 Å². The maximum Gasteiger partial charge on any atom is 0.345 e. The molecule has 7 heteroatoms. The van der Waals surface area contributed by atoms with Crippen LogP contribution in [0.5, 0.6) is 5.75 Å². The Bertz CT molecular complexity index is 1490. The lowest BCUT2D eigenvalue weighted by molar-refractivity contribution is -0.123. The first-order valence-corrected chi connectivity index (χ1v) is 12.0. The highest BCUT2D eigenvalue weighted by Gasteiger charge is 2.35. The van der Waals surface area contributed by atoms with Crippen LogP contribution in [0, 0.1) is 0 Å². The largest absolute Gasteiger partial charge is 0.423 e. The molecule has 35 heavy (non-hydrogen) atoms. The number of halogens is 1. The summed E-state index contributed by atoms with van der Waals surface area (Å²) < 4.78 is 5.38. The first-order chi connectivity index (χ1) is 17.0. The van der Waals surface area contributed by atoms with Crippen LogP contribution in [0.25, 0.3) is 16.8 Å². The van der Waals surface area contributed by atoms with E-state index in [-0.39, 0.29) is 23.3 Å². The standard InChI is InChI=1S/C28H18ClNO4S/c29-24-11-4-3-10-23(24)27(32)34-21-14-12-18(13-15-21)16-25-26(31)30(28(33)35-25)17-20-8-5-7-19-6-1-2-9-22(19)20/h1-16H,17H2/b25-16-. The van der Waals surface area contributed by atoms with Crippen LogP contribution in [0.1, 0.15) is 21.5 Å². The number of nitrogens with zero attached hydrogens (tertiary/aromatic N) is 1. The van der Waals surface area contributed by atoms with Gasteiger partial charge in [0.15, 0.2) is 0 Å². The van der Waals surface area contributed by atoms with Crippen molar-refractivity contribution in [1.82, 2.24) is 4.90 Å². The first-order valence-electron chi connectivity index (χ1n) is 10.8. The Morgan fingerprint density at radius 2 is 1.60 bits per heavy atom. The van der Waals surface area contributed by atoms with Gasteiger partial charge in [0.2, 0.25) is 0 Å². The van der Waals surface area contributed by atoms with Crippen LogP contribution in [0.15, 0.2) is 95.9 Å². The Morgan fingerprint density at radius 1 is 0.886 bits per heavy atom. The fourth-order valence-electron chi connectivity index (χ4n) is 3.81. The number of ether oxygens (including phenoxy) is 1. The summed E-state index contributed by atoms with van der Waals surface area (Å²) in [5, 5.41) is 2.08. The molecule has 0 saturated carbocycles. The van der Waals surface area contributed by atoms with Gasteiger partial charge in [0.1, 0.15) is 5.75 Å². The maximum absolute atomic E-state index is 13.0. The lowest BCUT2D eigenvalue weighted by atomic mass is 10.0. The zero-order valence-electron chi connectivity index (χ0n) is 18.3. The van der Waals surface area contributed by atoms with Crippen LogP contribution in [0.4, 0.5) is 4.79 Å². The maximum atomic E-state index is 13.0. The number of amides is 2. The van der Waals surface area contributed by atoms with Gasteiger partial charge in [0.25, 0.3) is 11.1 Å². The summed E-state index contributed by atoms with van der Waals surface area (Å²) in [6.45, 7) is 0.209. The first kappa shape index (κ1) is 22.9. The molecule has 0 bridgehead atoms. The van der Waals surface area contributed by atoms with E-state index in [0.717, 1.165) is 28.1 Å². The van der Waals surface area contributed by atoms with Gasteiger partial charge in [-0.25, -0.2) is 4.79 Å². The van der Waals surface area contributed by atoms with E-state index >= 15 is 0 Å². The molecule has 1 aliphatic heterocycles. The highest BCUT2D eigenvalue weighted by Crippen LogP contribution is 2.34. The van der Waals surface area contributed by atoms with E-state index in [4.69, 9.17) is 16.3 Å². The molecule has 1 fully saturated rings. The number of carbonyl (C=O) groups excluding carboxylic acids is 3. The third kappa shape index (κ3) is 4.85. The second-order valence-corrected chi connectivity index (χ2v) is 9.24. The molecule has 0 aliphatic carbocycles. The van der Waals surface area contributed by atoms with Gasteiger partial charge in [-0.15, -0.1) is 0 Å². The van der Waals surface area contributed by atoms with Crippen LogP contribution in [-0.2, 0) is 11.3 Å². The van der Waals surface area contributed by atoms with Crippen molar-refractivity contribution in [3.8, 4) is 5.75 Å². The van der Waals surface area contributed by atoms with Crippen molar-refractivity contribution in [3.63, 3.8) is 0 Å². The number of carbonyl (C=O) groups is 3. The van der Waals surface area contributed by atoms with Crippen LogP contribution in [0.2, 0.25) is 5.02 Å². The summed E-state index contributed by atoms with van der Waals surface area (Å²) in [7, 11) is 0. The van der Waals surface area contributed by atoms with E-state index in [2.05, 4.69) is 0 Å². The van der Waals surface area contributed by atoms with Gasteiger partial charge >= 0.3 is 5.97 Å². The fourth-order valence-corrected chi connectivity index (χ4v) is 4.86. The number of rotatable bonds is 5. The lowest BCUT2D eigenvalue weighted by Gasteiger charge is -2.14. The summed E-state index contributed by atoms with van der Waals surface area (Å²) in [4.78, 5) is 39.6. The molecule has 1 heterocycles. The molecule has 0 aromatic heterocycles. The van der Waals surface area contributed by atoms with Crippen molar-refractivity contribution in [3.05, 3.63) is 118 Å². The Morgan fingerprint density at radius 3 is 2.40 bits per heavy atom. The molecular weight excluding hydrogens is 482 g/mol. The van der Waals surface area contributed by atoms with Crippen molar-refractivity contribution in [2.45, 2.75) is 6.54 Å². The number of hydrogen-bond donors (Lipinski definition) is 0.